The molecule has 0 unspecified atom stereocenters. The summed E-state index contributed by atoms with van der Waals surface area (Å²) in [6.07, 6.45) is 0. The zero-order valence-corrected chi connectivity index (χ0v) is 29.8. The number of phenols is 1. The van der Waals surface area contributed by atoms with E-state index in [4.69, 9.17) is 9.97 Å². The molecule has 0 bridgehead atoms. The summed E-state index contributed by atoms with van der Waals surface area (Å²) in [6.45, 7) is 18.0. The van der Waals surface area contributed by atoms with Crippen LogP contribution < -0.4 is 0 Å². The summed E-state index contributed by atoms with van der Waals surface area (Å²) in [4.78, 5) is 11.0. The molecule has 0 spiro atoms. The summed E-state index contributed by atoms with van der Waals surface area (Å²) in [6, 6.07) is 42.1. The Kier molecular flexibility index (Phi) is 7.74. The highest BCUT2D eigenvalue weighted by Gasteiger charge is 2.30. The summed E-state index contributed by atoms with van der Waals surface area (Å²) in [5.41, 5.74) is 10.3. The number of hydrogen-bond donors (Lipinski definition) is 1. The van der Waals surface area contributed by atoms with E-state index in [9.17, 15) is 5.11 Å². The molecule has 7 aromatic rings. The van der Waals surface area contributed by atoms with Crippen LogP contribution >= 0.6 is 0 Å². The van der Waals surface area contributed by atoms with Crippen molar-refractivity contribution >= 4 is 21.9 Å². The predicted octanol–water partition coefficient (Wildman–Crippen LogP) is 11.5. The Labute approximate surface area is 290 Å². The third-order valence-corrected chi connectivity index (χ3v) is 9.85. The van der Waals surface area contributed by atoms with Crippen LogP contribution in [0.15, 0.2) is 121 Å². The van der Waals surface area contributed by atoms with Gasteiger partial charge in [0.1, 0.15) is 11.4 Å². The lowest BCUT2D eigenvalue weighted by molar-refractivity contribution is 0.473. The van der Waals surface area contributed by atoms with E-state index >= 15 is 0 Å². The van der Waals surface area contributed by atoms with Crippen molar-refractivity contribution in [2.24, 2.45) is 0 Å². The van der Waals surface area contributed by atoms with Gasteiger partial charge in [0.15, 0.2) is 0 Å². The topological polar surface area (TPSA) is 50.9 Å². The first-order chi connectivity index (χ1) is 23.2. The highest BCUT2D eigenvalue weighted by Crippen LogP contribution is 2.42. The molecule has 0 amide bonds. The van der Waals surface area contributed by atoms with Gasteiger partial charge >= 0.3 is 0 Å². The first-order valence-electron chi connectivity index (χ1n) is 17.2. The Morgan fingerprint density at radius 2 is 1.20 bits per heavy atom. The molecule has 7 rings (SSSR count). The van der Waals surface area contributed by atoms with Crippen molar-refractivity contribution in [1.82, 2.24) is 14.5 Å². The van der Waals surface area contributed by atoms with E-state index < -0.39 is 0 Å². The Morgan fingerprint density at radius 1 is 0.551 bits per heavy atom. The monoisotopic (exact) mass is 643 g/mol. The number of benzene rings is 4. The lowest BCUT2D eigenvalue weighted by Gasteiger charge is -2.27. The number of aromatic nitrogens is 3. The van der Waals surface area contributed by atoms with Crippen LogP contribution in [0.25, 0.3) is 50.1 Å². The molecule has 0 fully saturated rings. The first kappa shape index (κ1) is 32.3. The minimum atomic E-state index is -0.360. The first-order valence-corrected chi connectivity index (χ1v) is 17.2. The van der Waals surface area contributed by atoms with Gasteiger partial charge in [-0.25, -0.2) is 4.98 Å². The highest BCUT2D eigenvalue weighted by molar-refractivity contribution is 6.09. The predicted molar refractivity (Wildman–Crippen MR) is 205 cm³/mol. The molecule has 3 heterocycles. The Hall–Kier alpha value is -5.22. The molecular formula is C45H45N3O. The van der Waals surface area contributed by atoms with Gasteiger partial charge in [-0.15, -0.1) is 0 Å². The molecule has 0 atom stereocenters. The van der Waals surface area contributed by atoms with Crippen molar-refractivity contribution < 1.29 is 5.11 Å². The quantitative estimate of drug-likeness (QED) is 0.203. The third kappa shape index (κ3) is 5.80. The van der Waals surface area contributed by atoms with Crippen LogP contribution in [-0.2, 0) is 16.2 Å². The van der Waals surface area contributed by atoms with Crippen molar-refractivity contribution in [1.29, 1.82) is 0 Å². The van der Waals surface area contributed by atoms with E-state index in [0.29, 0.717) is 5.69 Å². The van der Waals surface area contributed by atoms with Gasteiger partial charge in [0, 0.05) is 16.2 Å². The summed E-state index contributed by atoms with van der Waals surface area (Å²) >= 11 is 0. The molecule has 0 aliphatic carbocycles. The van der Waals surface area contributed by atoms with E-state index in [2.05, 4.69) is 157 Å². The minimum Gasteiger partial charge on any atom is -0.506 e. The number of rotatable bonds is 5. The molecule has 4 heteroatoms. The lowest BCUT2D eigenvalue weighted by Crippen LogP contribution is -2.21. The number of phenolic OH excluding ortho intramolecular Hbond substituents is 1. The summed E-state index contributed by atoms with van der Waals surface area (Å²) in [5, 5.41) is 13.4. The van der Waals surface area contributed by atoms with Gasteiger partial charge in [-0.1, -0.05) is 134 Å². The van der Waals surface area contributed by atoms with E-state index in [1.54, 1.807) is 6.07 Å². The number of fused-ring (bicyclic) bond motifs is 3. The fourth-order valence-electron chi connectivity index (χ4n) is 6.84. The average Bonchev–Trinajstić information content (AvgIpc) is 3.40. The molecular weight excluding hydrogens is 599 g/mol. The van der Waals surface area contributed by atoms with Crippen LogP contribution in [0, 0.1) is 0 Å². The normalized spacial score (nSPS) is 12.6. The van der Waals surface area contributed by atoms with Gasteiger partial charge in [0.05, 0.1) is 28.3 Å². The maximum Gasteiger partial charge on any atom is 0.146 e. The van der Waals surface area contributed by atoms with Gasteiger partial charge in [-0.05, 0) is 81.1 Å². The number of hydrogen-bond acceptors (Lipinski definition) is 3. The van der Waals surface area contributed by atoms with Crippen molar-refractivity contribution in [2.75, 3.05) is 0 Å². The Balaban J connectivity index is 1.59. The molecule has 0 saturated heterocycles. The summed E-state index contributed by atoms with van der Waals surface area (Å²) in [7, 11) is 0. The van der Waals surface area contributed by atoms with Gasteiger partial charge in [0.25, 0.3) is 0 Å². The molecule has 1 N–H and O–H groups in total. The van der Waals surface area contributed by atoms with Crippen LogP contribution in [0.5, 0.6) is 5.75 Å². The van der Waals surface area contributed by atoms with Crippen LogP contribution in [0.2, 0.25) is 0 Å². The molecule has 246 valence electrons. The Bertz CT molecular complexity index is 2320. The van der Waals surface area contributed by atoms with Gasteiger partial charge in [-0.3, -0.25) is 9.55 Å². The molecule has 3 aromatic heterocycles. The molecule has 0 radical (unpaired) electrons. The van der Waals surface area contributed by atoms with Crippen LogP contribution in [0.4, 0.5) is 0 Å². The molecule has 0 aliphatic heterocycles. The molecule has 4 nitrogen and oxygen atoms in total. The third-order valence-electron chi connectivity index (χ3n) is 9.85. The zero-order chi connectivity index (χ0) is 34.7. The summed E-state index contributed by atoms with van der Waals surface area (Å²) in [5.74, 6) is 0.209. The van der Waals surface area contributed by atoms with Gasteiger partial charge in [-0.2, -0.15) is 0 Å². The van der Waals surface area contributed by atoms with Crippen LogP contribution in [-0.4, -0.2) is 19.6 Å². The number of pyridine rings is 2. The molecule has 49 heavy (non-hydrogen) atoms. The standard InChI is InChI=1S/C45H45N3O/c1-43(2,3)32-23-24-37-33(27-32)34-28-35(44(4,5)6)41(47-42(34)48(37)38-21-15-16-22-39(38)49)36-25-30(29-17-11-9-12-18-29)26-40(46-36)45(7,8)31-19-13-10-14-20-31/h9-28,49H,1-8H3. The zero-order valence-electron chi connectivity index (χ0n) is 29.8. The van der Waals surface area contributed by atoms with Crippen LogP contribution in [0.3, 0.4) is 0 Å². The van der Waals surface area contributed by atoms with Crippen molar-refractivity contribution in [3.05, 3.63) is 144 Å². The van der Waals surface area contributed by atoms with Gasteiger partial charge in [0.2, 0.25) is 0 Å². The maximum atomic E-state index is 11.2. The molecule has 0 aliphatic rings. The second-order valence-electron chi connectivity index (χ2n) is 15.8. The van der Waals surface area contributed by atoms with E-state index in [0.717, 1.165) is 55.7 Å². The fourth-order valence-corrected chi connectivity index (χ4v) is 6.84. The number of para-hydroxylation sites is 2. The molecule has 0 saturated carbocycles. The maximum absolute atomic E-state index is 11.2. The van der Waals surface area contributed by atoms with Crippen molar-refractivity contribution in [3.63, 3.8) is 0 Å². The summed E-state index contributed by atoms with van der Waals surface area (Å²) < 4.78 is 2.11. The number of nitrogens with zero attached hydrogens (tertiary/aromatic N) is 3. The molecule has 4 aromatic carbocycles. The second kappa shape index (κ2) is 11.7. The highest BCUT2D eigenvalue weighted by atomic mass is 16.3. The SMILES string of the molecule is CC(C)(C)c1ccc2c(c1)c1cc(C(C)(C)C)c(-c3cc(-c4ccccc4)cc(C(C)(C)c4ccccc4)n3)nc1n2-c1ccccc1O. The minimum absolute atomic E-state index is 0.0263. The van der Waals surface area contributed by atoms with Crippen LogP contribution in [0.1, 0.15) is 77.8 Å². The van der Waals surface area contributed by atoms with E-state index in [1.807, 2.05) is 18.2 Å². The smallest absolute Gasteiger partial charge is 0.146 e. The van der Waals surface area contributed by atoms with Gasteiger partial charge < -0.3 is 5.11 Å². The lowest BCUT2D eigenvalue weighted by atomic mass is 9.80. The van der Waals surface area contributed by atoms with E-state index in [-0.39, 0.29) is 22.0 Å². The fraction of sp³-hybridized carbons (Fsp3) is 0.244. The Morgan fingerprint density at radius 3 is 1.86 bits per heavy atom. The van der Waals surface area contributed by atoms with Crippen molar-refractivity contribution in [3.8, 4) is 34.0 Å². The van der Waals surface area contributed by atoms with E-state index in [1.165, 1.54) is 11.1 Å². The van der Waals surface area contributed by atoms with Crippen molar-refractivity contribution in [2.45, 2.75) is 71.6 Å². The second-order valence-corrected chi connectivity index (χ2v) is 15.8. The average molecular weight is 644 g/mol. The largest absolute Gasteiger partial charge is 0.506 e. The number of aromatic hydroxyl groups is 1.